The van der Waals surface area contributed by atoms with Crippen LogP contribution in [-0.4, -0.2) is 24.6 Å². The zero-order valence-electron chi connectivity index (χ0n) is 10.4. The summed E-state index contributed by atoms with van der Waals surface area (Å²) in [5.74, 6) is -1.14. The van der Waals surface area contributed by atoms with Crippen LogP contribution in [0.25, 0.3) is 0 Å². The molecule has 18 heavy (non-hydrogen) atoms. The van der Waals surface area contributed by atoms with E-state index in [0.29, 0.717) is 0 Å². The lowest BCUT2D eigenvalue weighted by molar-refractivity contribution is -0.146. The van der Waals surface area contributed by atoms with E-state index in [0.717, 1.165) is 0 Å². The van der Waals surface area contributed by atoms with Gasteiger partial charge in [0, 0.05) is 0 Å². The third kappa shape index (κ3) is 3.44. The summed E-state index contributed by atoms with van der Waals surface area (Å²) in [6.45, 7) is 2.97. The lowest BCUT2D eigenvalue weighted by Crippen LogP contribution is -2.51. The van der Waals surface area contributed by atoms with Crippen molar-refractivity contribution in [3.63, 3.8) is 0 Å². The molecule has 0 radical (unpaired) electrons. The molecular formula is C12H15FN2O3. The van der Waals surface area contributed by atoms with Crippen LogP contribution in [0.4, 0.5) is 14.9 Å². The molecule has 0 heterocycles. The molecule has 0 atom stereocenters. The van der Waals surface area contributed by atoms with Gasteiger partial charge in [-0.1, -0.05) is 12.1 Å². The summed E-state index contributed by atoms with van der Waals surface area (Å²) in [4.78, 5) is 23.0. The van der Waals surface area contributed by atoms with Gasteiger partial charge in [0.2, 0.25) is 0 Å². The van der Waals surface area contributed by atoms with E-state index in [1.54, 1.807) is 6.07 Å². The zero-order valence-corrected chi connectivity index (χ0v) is 10.4. The number of methoxy groups -OCH3 is 1. The summed E-state index contributed by atoms with van der Waals surface area (Å²) in [5.41, 5.74) is -1.15. The fourth-order valence-corrected chi connectivity index (χ4v) is 1.31. The number of para-hydroxylation sites is 1. The molecule has 0 aliphatic rings. The minimum Gasteiger partial charge on any atom is -0.467 e. The molecule has 0 aliphatic heterocycles. The summed E-state index contributed by atoms with van der Waals surface area (Å²) >= 11 is 0. The van der Waals surface area contributed by atoms with E-state index >= 15 is 0 Å². The normalized spacial score (nSPS) is 10.7. The lowest BCUT2D eigenvalue weighted by atomic mass is 10.1. The maximum Gasteiger partial charge on any atom is 0.331 e. The fourth-order valence-electron chi connectivity index (χ4n) is 1.31. The molecule has 2 N–H and O–H groups in total. The molecule has 6 heteroatoms. The van der Waals surface area contributed by atoms with E-state index in [2.05, 4.69) is 15.4 Å². The van der Waals surface area contributed by atoms with E-state index in [1.807, 2.05) is 0 Å². The first-order valence-electron chi connectivity index (χ1n) is 5.29. The SMILES string of the molecule is COC(=O)C(C)(C)NC(=O)Nc1ccccc1F. The third-order valence-corrected chi connectivity index (χ3v) is 2.24. The largest absolute Gasteiger partial charge is 0.467 e. The van der Waals surface area contributed by atoms with E-state index < -0.39 is 23.4 Å². The van der Waals surface area contributed by atoms with Crippen LogP contribution in [0.15, 0.2) is 24.3 Å². The topological polar surface area (TPSA) is 67.4 Å². The van der Waals surface area contributed by atoms with E-state index in [1.165, 1.54) is 39.2 Å². The minimum atomic E-state index is -1.19. The summed E-state index contributed by atoms with van der Waals surface area (Å²) in [6.07, 6.45) is 0. The number of anilines is 1. The zero-order chi connectivity index (χ0) is 13.8. The highest BCUT2D eigenvalue weighted by Gasteiger charge is 2.30. The van der Waals surface area contributed by atoms with Gasteiger partial charge in [0.05, 0.1) is 12.8 Å². The number of urea groups is 1. The Balaban J connectivity index is 2.68. The number of hydrogen-bond acceptors (Lipinski definition) is 3. The van der Waals surface area contributed by atoms with Crippen LogP contribution < -0.4 is 10.6 Å². The van der Waals surface area contributed by atoms with Gasteiger partial charge in [-0.2, -0.15) is 0 Å². The van der Waals surface area contributed by atoms with Crippen LogP contribution >= 0.6 is 0 Å². The predicted octanol–water partition coefficient (Wildman–Crippen LogP) is 1.90. The number of rotatable bonds is 3. The Morgan fingerprint density at radius 1 is 1.28 bits per heavy atom. The Bertz CT molecular complexity index is 460. The number of carbonyl (C=O) groups excluding carboxylic acids is 2. The molecule has 1 aromatic rings. The first-order chi connectivity index (χ1) is 8.36. The van der Waals surface area contributed by atoms with Crippen molar-refractivity contribution >= 4 is 17.7 Å². The number of amides is 2. The summed E-state index contributed by atoms with van der Waals surface area (Å²) in [7, 11) is 1.22. The molecule has 0 aromatic heterocycles. The first kappa shape index (κ1) is 14.0. The fraction of sp³-hybridized carbons (Fsp3) is 0.333. The number of halogens is 1. The molecule has 0 aliphatic carbocycles. The van der Waals surface area contributed by atoms with Crippen LogP contribution in [-0.2, 0) is 9.53 Å². The highest BCUT2D eigenvalue weighted by atomic mass is 19.1. The average molecular weight is 254 g/mol. The van der Waals surface area contributed by atoms with Gasteiger partial charge in [-0.05, 0) is 26.0 Å². The van der Waals surface area contributed by atoms with Crippen molar-refractivity contribution in [1.29, 1.82) is 0 Å². The van der Waals surface area contributed by atoms with E-state index in [-0.39, 0.29) is 5.69 Å². The molecule has 0 spiro atoms. The van der Waals surface area contributed by atoms with Gasteiger partial charge in [0.1, 0.15) is 11.4 Å². The van der Waals surface area contributed by atoms with E-state index in [9.17, 15) is 14.0 Å². The maximum absolute atomic E-state index is 13.3. The second kappa shape index (κ2) is 5.48. The standard InChI is InChI=1S/C12H15FN2O3/c1-12(2,10(16)18-3)15-11(17)14-9-7-5-4-6-8(9)13/h4-7H,1-3H3,(H2,14,15,17). The van der Waals surface area contributed by atoms with Gasteiger partial charge in [0.25, 0.3) is 0 Å². The van der Waals surface area contributed by atoms with Gasteiger partial charge in [-0.25, -0.2) is 14.0 Å². The Morgan fingerprint density at radius 3 is 2.44 bits per heavy atom. The Kier molecular flexibility index (Phi) is 4.25. The van der Waals surface area contributed by atoms with Crippen LogP contribution in [0.2, 0.25) is 0 Å². The number of carbonyl (C=O) groups is 2. The second-order valence-electron chi connectivity index (χ2n) is 4.18. The minimum absolute atomic E-state index is 0.0377. The molecule has 0 fully saturated rings. The van der Waals surface area contributed by atoms with Crippen molar-refractivity contribution in [2.24, 2.45) is 0 Å². The molecule has 0 saturated carbocycles. The quantitative estimate of drug-likeness (QED) is 0.809. The van der Waals surface area contributed by atoms with Crippen molar-refractivity contribution in [2.75, 3.05) is 12.4 Å². The van der Waals surface area contributed by atoms with Crippen molar-refractivity contribution in [3.05, 3.63) is 30.1 Å². The van der Waals surface area contributed by atoms with E-state index in [4.69, 9.17) is 0 Å². The maximum atomic E-state index is 13.3. The van der Waals surface area contributed by atoms with Gasteiger partial charge in [0.15, 0.2) is 0 Å². The average Bonchev–Trinajstić information content (AvgIpc) is 2.30. The molecule has 0 unspecified atom stereocenters. The Morgan fingerprint density at radius 2 is 1.89 bits per heavy atom. The lowest BCUT2D eigenvalue weighted by Gasteiger charge is -2.23. The van der Waals surface area contributed by atoms with Crippen LogP contribution in [0.5, 0.6) is 0 Å². The molecule has 1 rings (SSSR count). The Hall–Kier alpha value is -2.11. The van der Waals surface area contributed by atoms with Gasteiger partial charge >= 0.3 is 12.0 Å². The van der Waals surface area contributed by atoms with Crippen LogP contribution in [0, 0.1) is 5.82 Å². The first-order valence-corrected chi connectivity index (χ1v) is 5.29. The molecule has 2 amide bonds. The smallest absolute Gasteiger partial charge is 0.331 e. The monoisotopic (exact) mass is 254 g/mol. The number of benzene rings is 1. The summed E-state index contributed by atoms with van der Waals surface area (Å²) in [6, 6.07) is 5.05. The Labute approximate surface area is 104 Å². The van der Waals surface area contributed by atoms with Gasteiger partial charge in [-0.3, -0.25) is 0 Å². The predicted molar refractivity (Wildman–Crippen MR) is 64.6 cm³/mol. The summed E-state index contributed by atoms with van der Waals surface area (Å²) < 4.78 is 17.8. The number of hydrogen-bond donors (Lipinski definition) is 2. The molecule has 1 aromatic carbocycles. The second-order valence-corrected chi connectivity index (χ2v) is 4.18. The molecule has 98 valence electrons. The highest BCUT2D eigenvalue weighted by molar-refractivity contribution is 5.94. The van der Waals surface area contributed by atoms with Gasteiger partial charge < -0.3 is 15.4 Å². The molecule has 0 bridgehead atoms. The number of nitrogens with one attached hydrogen (secondary N) is 2. The van der Waals surface area contributed by atoms with Crippen molar-refractivity contribution in [1.82, 2.24) is 5.32 Å². The molecular weight excluding hydrogens is 239 g/mol. The van der Waals surface area contributed by atoms with Gasteiger partial charge in [-0.15, -0.1) is 0 Å². The highest BCUT2D eigenvalue weighted by Crippen LogP contribution is 2.13. The molecule has 5 nitrogen and oxygen atoms in total. The number of ether oxygens (including phenoxy) is 1. The van der Waals surface area contributed by atoms with Crippen molar-refractivity contribution in [3.8, 4) is 0 Å². The third-order valence-electron chi connectivity index (χ3n) is 2.24. The number of esters is 1. The molecule has 0 saturated heterocycles. The van der Waals surface area contributed by atoms with Crippen LogP contribution in [0.1, 0.15) is 13.8 Å². The van der Waals surface area contributed by atoms with Crippen molar-refractivity contribution < 1.29 is 18.7 Å². The van der Waals surface area contributed by atoms with Crippen molar-refractivity contribution in [2.45, 2.75) is 19.4 Å². The van der Waals surface area contributed by atoms with Crippen LogP contribution in [0.3, 0.4) is 0 Å². The summed E-state index contributed by atoms with van der Waals surface area (Å²) in [5, 5.41) is 4.70.